The van der Waals surface area contributed by atoms with Crippen LogP contribution in [0.5, 0.6) is 0 Å². The van der Waals surface area contributed by atoms with Gasteiger partial charge in [-0.25, -0.2) is 14.0 Å². The molecule has 9 heteroatoms. The molecule has 0 spiro atoms. The first-order chi connectivity index (χ1) is 9.47. The molecule has 2 saturated heterocycles. The lowest BCUT2D eigenvalue weighted by Crippen LogP contribution is -2.24. The molecule has 2 aliphatic heterocycles. The Bertz CT molecular complexity index is 498. The number of hydrogen-bond donors (Lipinski definition) is 2. The summed E-state index contributed by atoms with van der Waals surface area (Å²) in [5.41, 5.74) is 0.0421. The van der Waals surface area contributed by atoms with Gasteiger partial charge >= 0.3 is 11.9 Å². The number of alkyl halides is 1. The van der Waals surface area contributed by atoms with E-state index in [1.54, 1.807) is 0 Å². The zero-order valence-electron chi connectivity index (χ0n) is 10.6. The minimum absolute atomic E-state index is 0.0421. The number of halogens is 1. The van der Waals surface area contributed by atoms with Gasteiger partial charge in [-0.15, -0.1) is 0 Å². The molecule has 2 aliphatic rings. The lowest BCUT2D eigenvalue weighted by molar-refractivity contribution is -0.159. The van der Waals surface area contributed by atoms with Crippen molar-refractivity contribution < 1.29 is 28.7 Å². The maximum absolute atomic E-state index is 12.3. The van der Waals surface area contributed by atoms with Gasteiger partial charge in [-0.05, 0) is 25.9 Å². The zero-order valence-corrected chi connectivity index (χ0v) is 10.6. The van der Waals surface area contributed by atoms with Gasteiger partial charge in [0.2, 0.25) is 11.7 Å². The topological polar surface area (TPSA) is 117 Å². The highest BCUT2D eigenvalue weighted by atomic mass is 19.1. The quantitative estimate of drug-likeness (QED) is 0.732. The number of carboxylic acid groups (broad SMARTS) is 2. The van der Waals surface area contributed by atoms with Crippen LogP contribution in [0.1, 0.15) is 24.6 Å². The molecule has 2 fully saturated rings. The highest BCUT2D eigenvalue weighted by molar-refractivity contribution is 6.27. The highest BCUT2D eigenvalue weighted by Gasteiger charge is 2.48. The molecular weight excluding hydrogens is 273 g/mol. The van der Waals surface area contributed by atoms with Crippen LogP contribution < -0.4 is 0 Å². The summed E-state index contributed by atoms with van der Waals surface area (Å²) in [5.74, 6) is -2.82. The summed E-state index contributed by atoms with van der Waals surface area (Å²) < 4.78 is 17.4. The Morgan fingerprint density at radius 1 is 1.30 bits per heavy atom. The number of aromatic nitrogens is 2. The smallest absolute Gasteiger partial charge is 0.414 e. The predicted octanol–water partition coefficient (Wildman–Crippen LogP) is 0.0419. The highest BCUT2D eigenvalue weighted by Crippen LogP contribution is 2.42. The first kappa shape index (κ1) is 14.4. The van der Waals surface area contributed by atoms with Crippen LogP contribution in [0.3, 0.4) is 0 Å². The molecule has 1 aromatic rings. The maximum atomic E-state index is 12.3. The van der Waals surface area contributed by atoms with Crippen LogP contribution in [0.4, 0.5) is 4.39 Å². The third-order valence-corrected chi connectivity index (χ3v) is 3.56. The Balaban J connectivity index is 0.000000212. The number of aliphatic carboxylic acids is 2. The third kappa shape index (κ3) is 2.77. The molecule has 0 amide bonds. The number of carboxylic acids is 2. The van der Waals surface area contributed by atoms with E-state index in [-0.39, 0.29) is 11.2 Å². The molecule has 20 heavy (non-hydrogen) atoms. The Kier molecular flexibility index (Phi) is 3.98. The van der Waals surface area contributed by atoms with Crippen molar-refractivity contribution in [1.29, 1.82) is 0 Å². The molecule has 110 valence electrons. The summed E-state index contributed by atoms with van der Waals surface area (Å²) in [6.07, 6.45) is 2.14. The zero-order chi connectivity index (χ0) is 14.8. The van der Waals surface area contributed by atoms with Gasteiger partial charge < -0.3 is 19.6 Å². The summed E-state index contributed by atoms with van der Waals surface area (Å²) in [6, 6.07) is 0. The van der Waals surface area contributed by atoms with E-state index in [0.717, 1.165) is 32.5 Å². The molecule has 0 saturated carbocycles. The van der Waals surface area contributed by atoms with Gasteiger partial charge in [0.15, 0.2) is 6.67 Å². The second-order valence-electron chi connectivity index (χ2n) is 4.82. The van der Waals surface area contributed by atoms with Gasteiger partial charge in [0.05, 0.1) is 5.41 Å². The van der Waals surface area contributed by atoms with E-state index in [1.165, 1.54) is 0 Å². The standard InChI is InChI=1S/C9H12FN3O.C2H2O4/c10-5-7-11-8(14-12-7)9-1-3-13(6-9)4-2-9;3-1(4)2(5)6/h1-6H2;(H,3,4)(H,5,6). The van der Waals surface area contributed by atoms with Gasteiger partial charge in [0, 0.05) is 6.54 Å². The van der Waals surface area contributed by atoms with Crippen molar-refractivity contribution in [1.82, 2.24) is 15.0 Å². The minimum Gasteiger partial charge on any atom is -0.473 e. The molecule has 0 unspecified atom stereocenters. The molecule has 0 aromatic carbocycles. The molecule has 0 aliphatic carbocycles. The lowest BCUT2D eigenvalue weighted by atomic mass is 9.84. The Morgan fingerprint density at radius 3 is 2.25 bits per heavy atom. The van der Waals surface area contributed by atoms with E-state index in [1.807, 2.05) is 0 Å². The number of carbonyl (C=O) groups is 2. The molecule has 0 atom stereocenters. The van der Waals surface area contributed by atoms with Crippen LogP contribution in [0, 0.1) is 0 Å². The molecular formula is C11H14FN3O5. The lowest BCUT2D eigenvalue weighted by Gasteiger charge is -2.19. The monoisotopic (exact) mass is 287 g/mol. The SMILES string of the molecule is FCc1noc(C23CCN(CC2)C3)n1.O=C(O)C(=O)O. The van der Waals surface area contributed by atoms with Gasteiger partial charge in [0.1, 0.15) is 0 Å². The van der Waals surface area contributed by atoms with E-state index < -0.39 is 18.6 Å². The molecule has 1 aromatic heterocycles. The predicted molar refractivity (Wildman–Crippen MR) is 61.7 cm³/mol. The van der Waals surface area contributed by atoms with Crippen molar-refractivity contribution in [2.75, 3.05) is 19.6 Å². The van der Waals surface area contributed by atoms with Crippen LogP contribution in [0.15, 0.2) is 4.52 Å². The number of piperidine rings is 1. The van der Waals surface area contributed by atoms with Crippen molar-refractivity contribution in [2.45, 2.75) is 24.9 Å². The molecule has 2 N–H and O–H groups in total. The largest absolute Gasteiger partial charge is 0.473 e. The second kappa shape index (κ2) is 5.53. The molecule has 2 bridgehead atoms. The average Bonchev–Trinajstić information content (AvgIpc) is 3.14. The number of hydrogen-bond acceptors (Lipinski definition) is 6. The summed E-state index contributed by atoms with van der Waals surface area (Å²) in [4.78, 5) is 24.7. The summed E-state index contributed by atoms with van der Waals surface area (Å²) >= 11 is 0. The Labute approximate surface area is 113 Å². The van der Waals surface area contributed by atoms with Crippen LogP contribution in [0.2, 0.25) is 0 Å². The fourth-order valence-electron chi connectivity index (χ4n) is 2.53. The van der Waals surface area contributed by atoms with Crippen molar-refractivity contribution in [3.05, 3.63) is 11.7 Å². The Morgan fingerprint density at radius 2 is 1.90 bits per heavy atom. The summed E-state index contributed by atoms with van der Waals surface area (Å²) in [6.45, 7) is 2.57. The van der Waals surface area contributed by atoms with Crippen LogP contribution in [0.25, 0.3) is 0 Å². The second-order valence-corrected chi connectivity index (χ2v) is 4.82. The summed E-state index contributed by atoms with van der Waals surface area (Å²) in [7, 11) is 0. The van der Waals surface area contributed by atoms with E-state index in [9.17, 15) is 4.39 Å². The normalized spacial score (nSPS) is 26.9. The van der Waals surface area contributed by atoms with E-state index in [0.29, 0.717) is 5.89 Å². The van der Waals surface area contributed by atoms with E-state index in [4.69, 9.17) is 24.3 Å². The average molecular weight is 287 g/mol. The van der Waals surface area contributed by atoms with Gasteiger partial charge in [-0.2, -0.15) is 4.98 Å². The number of nitrogens with zero attached hydrogens (tertiary/aromatic N) is 3. The molecule has 3 rings (SSSR count). The van der Waals surface area contributed by atoms with Crippen LogP contribution in [-0.2, 0) is 21.7 Å². The van der Waals surface area contributed by atoms with E-state index in [2.05, 4.69) is 15.0 Å². The van der Waals surface area contributed by atoms with Crippen LogP contribution in [-0.4, -0.2) is 56.8 Å². The van der Waals surface area contributed by atoms with Crippen molar-refractivity contribution in [2.24, 2.45) is 0 Å². The minimum atomic E-state index is -1.82. The number of rotatable bonds is 2. The first-order valence-corrected chi connectivity index (χ1v) is 6.04. The molecule has 0 radical (unpaired) electrons. The third-order valence-electron chi connectivity index (χ3n) is 3.56. The fourth-order valence-corrected chi connectivity index (χ4v) is 2.53. The van der Waals surface area contributed by atoms with Gasteiger partial charge in [-0.3, -0.25) is 0 Å². The van der Waals surface area contributed by atoms with Gasteiger partial charge in [-0.1, -0.05) is 5.16 Å². The fraction of sp³-hybridized carbons (Fsp3) is 0.636. The van der Waals surface area contributed by atoms with Gasteiger partial charge in [0.25, 0.3) is 0 Å². The van der Waals surface area contributed by atoms with Crippen molar-refractivity contribution in [3.63, 3.8) is 0 Å². The Hall–Kier alpha value is -2.03. The number of fused-ring (bicyclic) bond motifs is 2. The first-order valence-electron chi connectivity index (χ1n) is 6.04. The summed E-state index contributed by atoms with van der Waals surface area (Å²) in [5, 5.41) is 18.4. The molecule has 3 heterocycles. The van der Waals surface area contributed by atoms with Crippen molar-refractivity contribution in [3.8, 4) is 0 Å². The molecule has 8 nitrogen and oxygen atoms in total. The maximum Gasteiger partial charge on any atom is 0.414 e. The van der Waals surface area contributed by atoms with E-state index >= 15 is 0 Å². The van der Waals surface area contributed by atoms with Crippen molar-refractivity contribution >= 4 is 11.9 Å². The van der Waals surface area contributed by atoms with Crippen LogP contribution >= 0.6 is 0 Å².